The molecule has 3 heteroatoms. The lowest BCUT2D eigenvalue weighted by Gasteiger charge is -2.16. The summed E-state index contributed by atoms with van der Waals surface area (Å²) in [5, 5.41) is 13.4. The average Bonchev–Trinajstić information content (AvgIpc) is 2.92. The fourth-order valence-electron chi connectivity index (χ4n) is 2.53. The first-order chi connectivity index (χ1) is 9.20. The van der Waals surface area contributed by atoms with Gasteiger partial charge in [0.25, 0.3) is 0 Å². The van der Waals surface area contributed by atoms with Crippen LogP contribution < -0.4 is 10.1 Å². The van der Waals surface area contributed by atoms with Gasteiger partial charge in [0.1, 0.15) is 11.5 Å². The van der Waals surface area contributed by atoms with Crippen LogP contribution >= 0.6 is 0 Å². The van der Waals surface area contributed by atoms with Gasteiger partial charge in [-0.3, -0.25) is 0 Å². The number of allylic oxidation sites excluding steroid dienone is 1. The van der Waals surface area contributed by atoms with Crippen molar-refractivity contribution < 1.29 is 9.84 Å². The van der Waals surface area contributed by atoms with Gasteiger partial charge in [-0.2, -0.15) is 0 Å². The molecule has 0 aliphatic heterocycles. The van der Waals surface area contributed by atoms with Gasteiger partial charge < -0.3 is 15.2 Å². The molecule has 0 saturated carbocycles. The van der Waals surface area contributed by atoms with Crippen LogP contribution in [0.25, 0.3) is 0 Å². The zero-order chi connectivity index (χ0) is 13.7. The van der Waals surface area contributed by atoms with Crippen LogP contribution in [-0.4, -0.2) is 18.8 Å². The van der Waals surface area contributed by atoms with Crippen LogP contribution in [0.15, 0.2) is 29.8 Å². The van der Waals surface area contributed by atoms with Gasteiger partial charge >= 0.3 is 0 Å². The molecule has 2 rings (SSSR count). The molecule has 0 heterocycles. The molecule has 1 aliphatic carbocycles. The maximum absolute atomic E-state index is 9.90. The lowest BCUT2D eigenvalue weighted by atomic mass is 10.1. The molecule has 1 aliphatic rings. The van der Waals surface area contributed by atoms with E-state index in [-0.39, 0.29) is 6.04 Å². The third-order valence-corrected chi connectivity index (χ3v) is 3.73. The van der Waals surface area contributed by atoms with Gasteiger partial charge in [0.15, 0.2) is 0 Å². The zero-order valence-electron chi connectivity index (χ0n) is 11.8. The Morgan fingerprint density at radius 3 is 2.95 bits per heavy atom. The number of rotatable bonds is 6. The lowest BCUT2D eigenvalue weighted by Crippen LogP contribution is -2.20. The zero-order valence-corrected chi connectivity index (χ0v) is 11.8. The highest BCUT2D eigenvalue weighted by molar-refractivity contribution is 5.41. The van der Waals surface area contributed by atoms with Crippen LogP contribution in [0.3, 0.4) is 0 Å². The predicted octanol–water partition coefficient (Wildman–Crippen LogP) is 3.55. The monoisotopic (exact) mass is 261 g/mol. The summed E-state index contributed by atoms with van der Waals surface area (Å²) in [5.74, 6) is 1.10. The molecule has 1 unspecified atom stereocenters. The quantitative estimate of drug-likeness (QED) is 0.769. The van der Waals surface area contributed by atoms with Crippen molar-refractivity contribution in [3.63, 3.8) is 0 Å². The summed E-state index contributed by atoms with van der Waals surface area (Å²) in [6.45, 7) is 3.02. The van der Waals surface area contributed by atoms with E-state index in [4.69, 9.17) is 4.74 Å². The number of ether oxygens (including phenoxy) is 1. The molecule has 1 aromatic rings. The Morgan fingerprint density at radius 2 is 2.26 bits per heavy atom. The van der Waals surface area contributed by atoms with Crippen molar-refractivity contribution in [2.45, 2.75) is 38.6 Å². The molecule has 0 aromatic heterocycles. The van der Waals surface area contributed by atoms with Gasteiger partial charge in [-0.05, 0) is 57.4 Å². The van der Waals surface area contributed by atoms with Crippen LogP contribution in [0.1, 0.15) is 44.2 Å². The summed E-state index contributed by atoms with van der Waals surface area (Å²) < 4.78 is 5.20. The molecule has 0 saturated heterocycles. The van der Waals surface area contributed by atoms with E-state index in [1.54, 1.807) is 24.8 Å². The minimum atomic E-state index is 0.122. The maximum atomic E-state index is 9.90. The first-order valence-corrected chi connectivity index (χ1v) is 6.99. The van der Waals surface area contributed by atoms with Crippen LogP contribution in [0.5, 0.6) is 11.5 Å². The van der Waals surface area contributed by atoms with Crippen molar-refractivity contribution in [2.75, 3.05) is 13.7 Å². The summed E-state index contributed by atoms with van der Waals surface area (Å²) in [5.41, 5.74) is 2.45. The molecule has 104 valence electrons. The second-order valence-electron chi connectivity index (χ2n) is 5.11. The first kappa shape index (κ1) is 13.9. The summed E-state index contributed by atoms with van der Waals surface area (Å²) >= 11 is 0. The Morgan fingerprint density at radius 1 is 1.42 bits per heavy atom. The topological polar surface area (TPSA) is 41.5 Å². The maximum Gasteiger partial charge on any atom is 0.120 e. The minimum absolute atomic E-state index is 0.122. The Hall–Kier alpha value is -1.48. The van der Waals surface area contributed by atoms with E-state index in [2.05, 4.69) is 18.3 Å². The van der Waals surface area contributed by atoms with E-state index in [1.165, 1.54) is 19.3 Å². The summed E-state index contributed by atoms with van der Waals surface area (Å²) in [6.07, 6.45) is 7.26. The number of aromatic hydroxyl groups is 1. The van der Waals surface area contributed by atoms with Crippen molar-refractivity contribution in [1.29, 1.82) is 0 Å². The highest BCUT2D eigenvalue weighted by atomic mass is 16.5. The molecule has 0 amide bonds. The smallest absolute Gasteiger partial charge is 0.120 e. The molecule has 0 bridgehead atoms. The highest BCUT2D eigenvalue weighted by Crippen LogP contribution is 2.28. The molecule has 1 atom stereocenters. The van der Waals surface area contributed by atoms with E-state index in [0.29, 0.717) is 5.75 Å². The van der Waals surface area contributed by atoms with E-state index in [0.717, 1.165) is 24.3 Å². The van der Waals surface area contributed by atoms with Gasteiger partial charge in [-0.1, -0.05) is 11.6 Å². The number of phenols is 1. The molecule has 0 radical (unpaired) electrons. The van der Waals surface area contributed by atoms with Gasteiger partial charge in [-0.15, -0.1) is 0 Å². The highest BCUT2D eigenvalue weighted by Gasteiger charge is 2.11. The molecule has 2 N–H and O–H groups in total. The van der Waals surface area contributed by atoms with Crippen LogP contribution in [0, 0.1) is 0 Å². The van der Waals surface area contributed by atoms with E-state index >= 15 is 0 Å². The van der Waals surface area contributed by atoms with Crippen molar-refractivity contribution in [1.82, 2.24) is 5.32 Å². The second-order valence-corrected chi connectivity index (χ2v) is 5.11. The Labute approximate surface area is 115 Å². The molecular weight excluding hydrogens is 238 g/mol. The molecule has 0 fully saturated rings. The van der Waals surface area contributed by atoms with Crippen molar-refractivity contribution in [3.8, 4) is 11.5 Å². The predicted molar refractivity (Wildman–Crippen MR) is 77.6 cm³/mol. The Balaban J connectivity index is 1.89. The summed E-state index contributed by atoms with van der Waals surface area (Å²) in [7, 11) is 1.64. The fourth-order valence-corrected chi connectivity index (χ4v) is 2.53. The number of nitrogens with one attached hydrogen (secondary N) is 1. The van der Waals surface area contributed by atoms with Gasteiger partial charge in [0.2, 0.25) is 0 Å². The molecule has 1 aromatic carbocycles. The third kappa shape index (κ3) is 3.74. The minimum Gasteiger partial charge on any atom is -0.508 e. The van der Waals surface area contributed by atoms with Crippen molar-refractivity contribution >= 4 is 0 Å². The number of hydrogen-bond acceptors (Lipinski definition) is 3. The lowest BCUT2D eigenvalue weighted by molar-refractivity contribution is 0.407. The summed E-state index contributed by atoms with van der Waals surface area (Å²) in [4.78, 5) is 0. The number of methoxy groups -OCH3 is 1. The number of phenolic OH excluding ortho intramolecular Hbond substituents is 1. The van der Waals surface area contributed by atoms with Crippen LogP contribution in [0.4, 0.5) is 0 Å². The average molecular weight is 261 g/mol. The first-order valence-electron chi connectivity index (χ1n) is 6.99. The number of hydrogen-bond donors (Lipinski definition) is 2. The Bertz CT molecular complexity index is 454. The normalized spacial score (nSPS) is 16.2. The molecule has 19 heavy (non-hydrogen) atoms. The van der Waals surface area contributed by atoms with Crippen molar-refractivity contribution in [3.05, 3.63) is 35.4 Å². The SMILES string of the molecule is COc1ccc(O)c(C(C)NCCC2=CCCC2)c1. The van der Waals surface area contributed by atoms with E-state index in [9.17, 15) is 5.11 Å². The second kappa shape index (κ2) is 6.62. The molecule has 3 nitrogen and oxygen atoms in total. The Kier molecular flexibility index (Phi) is 4.86. The van der Waals surface area contributed by atoms with E-state index < -0.39 is 0 Å². The van der Waals surface area contributed by atoms with Crippen LogP contribution in [0.2, 0.25) is 0 Å². The molecular formula is C16H23NO2. The van der Waals surface area contributed by atoms with Gasteiger partial charge in [0.05, 0.1) is 7.11 Å². The van der Waals surface area contributed by atoms with Gasteiger partial charge in [-0.25, -0.2) is 0 Å². The number of benzene rings is 1. The van der Waals surface area contributed by atoms with Crippen molar-refractivity contribution in [2.24, 2.45) is 0 Å². The van der Waals surface area contributed by atoms with E-state index in [1.807, 2.05) is 6.07 Å². The third-order valence-electron chi connectivity index (χ3n) is 3.73. The molecule has 0 spiro atoms. The van der Waals surface area contributed by atoms with Gasteiger partial charge in [0, 0.05) is 11.6 Å². The van der Waals surface area contributed by atoms with Crippen LogP contribution in [-0.2, 0) is 0 Å². The standard InChI is InChI=1S/C16H23NO2/c1-12(17-10-9-13-5-3-4-6-13)15-11-14(19-2)7-8-16(15)18/h5,7-8,11-12,17-18H,3-4,6,9-10H2,1-2H3. The largest absolute Gasteiger partial charge is 0.508 e. The summed E-state index contributed by atoms with van der Waals surface area (Å²) in [6, 6.07) is 5.47. The fraction of sp³-hybridized carbons (Fsp3) is 0.500.